The average molecular weight is 401 g/mol. The van der Waals surface area contributed by atoms with Crippen molar-refractivity contribution < 1.29 is 9.59 Å². The molecule has 0 spiro atoms. The monoisotopic (exact) mass is 400 g/mol. The fraction of sp³-hybridized carbons (Fsp3) is 0.381. The maximum Gasteiger partial charge on any atom is 0.260 e. The molecule has 2 aromatic rings. The first-order valence-corrected chi connectivity index (χ1v) is 9.89. The van der Waals surface area contributed by atoms with Gasteiger partial charge >= 0.3 is 0 Å². The van der Waals surface area contributed by atoms with Crippen LogP contribution >= 0.6 is 11.6 Å². The van der Waals surface area contributed by atoms with Crippen LogP contribution in [0, 0.1) is 0 Å². The lowest BCUT2D eigenvalue weighted by atomic mass is 10.2. The Kier molecular flexibility index (Phi) is 6.52. The Bertz CT molecular complexity index is 815. The molecule has 2 heterocycles. The van der Waals surface area contributed by atoms with E-state index in [4.69, 9.17) is 11.6 Å². The first kappa shape index (κ1) is 20.1. The molecule has 28 heavy (non-hydrogen) atoms. The number of carbonyl (C=O) groups excluding carboxylic acids is 2. The Balaban J connectivity index is 1.82. The van der Waals surface area contributed by atoms with Gasteiger partial charge in [0, 0.05) is 36.0 Å². The zero-order valence-electron chi connectivity index (χ0n) is 16.2. The predicted molar refractivity (Wildman–Crippen MR) is 112 cm³/mol. The molecule has 3 rings (SSSR count). The zero-order valence-corrected chi connectivity index (χ0v) is 16.9. The van der Waals surface area contributed by atoms with Crippen molar-refractivity contribution in [3.63, 3.8) is 0 Å². The summed E-state index contributed by atoms with van der Waals surface area (Å²) in [6, 6.07) is 10.5. The van der Waals surface area contributed by atoms with Crippen LogP contribution in [0.1, 0.15) is 37.0 Å². The lowest BCUT2D eigenvalue weighted by Gasteiger charge is -2.23. The highest BCUT2D eigenvalue weighted by molar-refractivity contribution is 6.30. The van der Waals surface area contributed by atoms with Gasteiger partial charge in [0.15, 0.2) is 0 Å². The van der Waals surface area contributed by atoms with Crippen LogP contribution in [0.5, 0.6) is 0 Å². The number of nitrogens with one attached hydrogen (secondary N) is 1. The number of anilines is 2. The predicted octanol–water partition coefficient (Wildman–Crippen LogP) is 3.51. The number of hydrogen-bond acceptors (Lipinski definition) is 4. The van der Waals surface area contributed by atoms with Gasteiger partial charge in [0.2, 0.25) is 5.91 Å². The number of amides is 2. The highest BCUT2D eigenvalue weighted by atomic mass is 35.5. The molecule has 0 saturated carbocycles. The molecule has 0 unspecified atom stereocenters. The molecule has 0 bridgehead atoms. The van der Waals surface area contributed by atoms with Gasteiger partial charge in [-0.15, -0.1) is 0 Å². The Morgan fingerprint density at radius 3 is 2.39 bits per heavy atom. The summed E-state index contributed by atoms with van der Waals surface area (Å²) in [6.07, 6.45) is 3.91. The van der Waals surface area contributed by atoms with Crippen molar-refractivity contribution in [2.75, 3.05) is 29.4 Å². The fourth-order valence-corrected chi connectivity index (χ4v) is 3.34. The number of rotatable bonds is 6. The molecular formula is C21H25ClN4O2. The molecule has 1 fully saturated rings. The Labute approximate surface area is 170 Å². The summed E-state index contributed by atoms with van der Waals surface area (Å²) in [7, 11) is 0. The van der Waals surface area contributed by atoms with Crippen LogP contribution in [0.3, 0.4) is 0 Å². The Morgan fingerprint density at radius 2 is 1.82 bits per heavy atom. The molecule has 1 aliphatic heterocycles. The van der Waals surface area contributed by atoms with Crippen molar-refractivity contribution in [2.24, 2.45) is 0 Å². The van der Waals surface area contributed by atoms with E-state index < -0.39 is 0 Å². The van der Waals surface area contributed by atoms with Crippen molar-refractivity contribution in [3.8, 4) is 0 Å². The molecule has 148 valence electrons. The van der Waals surface area contributed by atoms with Crippen LogP contribution in [0.15, 0.2) is 42.6 Å². The minimum atomic E-state index is -0.276. The van der Waals surface area contributed by atoms with Gasteiger partial charge in [-0.1, -0.05) is 11.6 Å². The number of pyridine rings is 1. The van der Waals surface area contributed by atoms with E-state index >= 15 is 0 Å². The van der Waals surface area contributed by atoms with E-state index in [2.05, 4.69) is 15.2 Å². The lowest BCUT2D eigenvalue weighted by Crippen LogP contribution is -2.43. The van der Waals surface area contributed by atoms with E-state index in [1.165, 1.54) is 4.90 Å². The zero-order chi connectivity index (χ0) is 20.1. The van der Waals surface area contributed by atoms with E-state index in [9.17, 15) is 9.59 Å². The second kappa shape index (κ2) is 9.06. The molecule has 0 radical (unpaired) electrons. The summed E-state index contributed by atoms with van der Waals surface area (Å²) < 4.78 is 0. The van der Waals surface area contributed by atoms with Crippen LogP contribution in [0.25, 0.3) is 0 Å². The molecule has 1 aromatic carbocycles. The third kappa shape index (κ3) is 5.01. The maximum absolute atomic E-state index is 13.1. The van der Waals surface area contributed by atoms with Crippen LogP contribution < -0.4 is 15.1 Å². The van der Waals surface area contributed by atoms with Gasteiger partial charge in [-0.05, 0) is 63.1 Å². The van der Waals surface area contributed by atoms with Gasteiger partial charge in [0.25, 0.3) is 5.91 Å². The SMILES string of the molecule is CC(C)NC(=O)CN(C(=O)c1ccc(N2CCCC2)nc1)c1ccc(Cl)cc1. The summed E-state index contributed by atoms with van der Waals surface area (Å²) >= 11 is 5.97. The second-order valence-electron chi connectivity index (χ2n) is 7.19. The number of carbonyl (C=O) groups is 2. The van der Waals surface area contributed by atoms with Crippen molar-refractivity contribution >= 4 is 34.9 Å². The number of benzene rings is 1. The summed E-state index contributed by atoms with van der Waals surface area (Å²) in [4.78, 5) is 33.6. The Morgan fingerprint density at radius 1 is 1.14 bits per heavy atom. The van der Waals surface area contributed by atoms with Crippen LogP contribution in [0.4, 0.5) is 11.5 Å². The second-order valence-corrected chi connectivity index (χ2v) is 7.63. The number of halogens is 1. The molecule has 1 saturated heterocycles. The molecule has 1 N–H and O–H groups in total. The van der Waals surface area contributed by atoms with Gasteiger partial charge in [-0.3, -0.25) is 14.5 Å². The highest BCUT2D eigenvalue weighted by Gasteiger charge is 2.22. The van der Waals surface area contributed by atoms with E-state index in [1.807, 2.05) is 19.9 Å². The lowest BCUT2D eigenvalue weighted by molar-refractivity contribution is -0.120. The molecular weight excluding hydrogens is 376 g/mol. The molecule has 2 amide bonds. The topological polar surface area (TPSA) is 65.5 Å². The van der Waals surface area contributed by atoms with Crippen LogP contribution in [0.2, 0.25) is 5.02 Å². The quantitative estimate of drug-likeness (QED) is 0.805. The number of hydrogen-bond donors (Lipinski definition) is 1. The molecule has 0 aliphatic carbocycles. The minimum absolute atomic E-state index is 0.00363. The van der Waals surface area contributed by atoms with E-state index in [0.29, 0.717) is 16.3 Å². The molecule has 7 heteroatoms. The van der Waals surface area contributed by atoms with Gasteiger partial charge in [-0.2, -0.15) is 0 Å². The normalized spacial score (nSPS) is 13.6. The minimum Gasteiger partial charge on any atom is -0.357 e. The largest absolute Gasteiger partial charge is 0.357 e. The van der Waals surface area contributed by atoms with Gasteiger partial charge < -0.3 is 10.2 Å². The Hall–Kier alpha value is -2.60. The van der Waals surface area contributed by atoms with E-state index in [0.717, 1.165) is 31.7 Å². The van der Waals surface area contributed by atoms with Crippen molar-refractivity contribution in [2.45, 2.75) is 32.7 Å². The third-order valence-electron chi connectivity index (χ3n) is 4.56. The third-order valence-corrected chi connectivity index (χ3v) is 4.81. The van der Waals surface area contributed by atoms with Gasteiger partial charge in [0.1, 0.15) is 12.4 Å². The van der Waals surface area contributed by atoms with E-state index in [1.54, 1.807) is 36.5 Å². The summed E-state index contributed by atoms with van der Waals surface area (Å²) in [5.74, 6) is 0.381. The average Bonchev–Trinajstić information content (AvgIpc) is 3.21. The van der Waals surface area contributed by atoms with Gasteiger partial charge in [-0.25, -0.2) is 4.98 Å². The van der Waals surface area contributed by atoms with Crippen molar-refractivity contribution in [3.05, 3.63) is 53.2 Å². The first-order chi connectivity index (χ1) is 13.4. The maximum atomic E-state index is 13.1. The summed E-state index contributed by atoms with van der Waals surface area (Å²) in [5, 5.41) is 3.39. The van der Waals surface area contributed by atoms with Gasteiger partial charge in [0.05, 0.1) is 5.56 Å². The fourth-order valence-electron chi connectivity index (χ4n) is 3.21. The smallest absolute Gasteiger partial charge is 0.260 e. The summed E-state index contributed by atoms with van der Waals surface area (Å²) in [5.41, 5.74) is 1.05. The van der Waals surface area contributed by atoms with Crippen molar-refractivity contribution in [1.29, 1.82) is 0 Å². The van der Waals surface area contributed by atoms with E-state index in [-0.39, 0.29) is 24.4 Å². The molecule has 1 aromatic heterocycles. The molecule has 0 atom stereocenters. The number of aromatic nitrogens is 1. The molecule has 6 nitrogen and oxygen atoms in total. The summed E-state index contributed by atoms with van der Waals surface area (Å²) in [6.45, 7) is 5.67. The van der Waals surface area contributed by atoms with Crippen LogP contribution in [-0.4, -0.2) is 42.5 Å². The van der Waals surface area contributed by atoms with Crippen LogP contribution in [-0.2, 0) is 4.79 Å². The number of nitrogens with zero attached hydrogens (tertiary/aromatic N) is 3. The highest BCUT2D eigenvalue weighted by Crippen LogP contribution is 2.22. The van der Waals surface area contributed by atoms with Crippen molar-refractivity contribution in [1.82, 2.24) is 10.3 Å². The molecule has 1 aliphatic rings. The first-order valence-electron chi connectivity index (χ1n) is 9.52. The standard InChI is InChI=1S/C21H25ClN4O2/c1-15(2)24-20(27)14-26(18-8-6-17(22)7-9-18)21(28)16-5-10-19(23-13-16)25-11-3-4-12-25/h5-10,13,15H,3-4,11-12,14H2,1-2H3,(H,24,27).